The zero-order chi connectivity index (χ0) is 17.8. The summed E-state index contributed by atoms with van der Waals surface area (Å²) in [5.41, 5.74) is 6.77. The minimum Gasteiger partial charge on any atom is -0.459 e. The summed E-state index contributed by atoms with van der Waals surface area (Å²) >= 11 is 6.22. The van der Waals surface area contributed by atoms with Gasteiger partial charge in [-0.15, -0.1) is 0 Å². The number of hydrogen-bond donors (Lipinski definition) is 3. The zero-order valence-corrected chi connectivity index (χ0v) is 14.4. The van der Waals surface area contributed by atoms with E-state index in [2.05, 4.69) is 10.6 Å². The van der Waals surface area contributed by atoms with Crippen LogP contribution in [0.25, 0.3) is 0 Å². The quantitative estimate of drug-likeness (QED) is 0.759. The second-order valence-electron chi connectivity index (χ2n) is 6.15. The first kappa shape index (κ1) is 17.5. The molecule has 1 heterocycles. The van der Waals surface area contributed by atoms with Crippen molar-refractivity contribution in [2.24, 2.45) is 17.6 Å². The maximum Gasteiger partial charge on any atom is 0.291 e. The van der Waals surface area contributed by atoms with Crippen molar-refractivity contribution in [1.82, 2.24) is 0 Å². The van der Waals surface area contributed by atoms with Crippen molar-refractivity contribution in [3.8, 4) is 0 Å². The number of amides is 2. The van der Waals surface area contributed by atoms with Gasteiger partial charge >= 0.3 is 0 Å². The van der Waals surface area contributed by atoms with Crippen LogP contribution in [0.15, 0.2) is 41.0 Å². The van der Waals surface area contributed by atoms with Crippen molar-refractivity contribution < 1.29 is 14.0 Å². The third-order valence-corrected chi connectivity index (χ3v) is 4.84. The van der Waals surface area contributed by atoms with Gasteiger partial charge in [0.1, 0.15) is 0 Å². The third-order valence-electron chi connectivity index (χ3n) is 4.53. The predicted molar refractivity (Wildman–Crippen MR) is 96.6 cm³/mol. The molecule has 1 aromatic heterocycles. The Bertz CT molecular complexity index is 761. The SMILES string of the molecule is NC[C@H]1CCC[C@H]1C(=O)Nc1ccc(NC(=O)c2ccco2)c(Cl)c1. The average molecular weight is 362 g/mol. The van der Waals surface area contributed by atoms with Gasteiger partial charge in [0.2, 0.25) is 5.91 Å². The van der Waals surface area contributed by atoms with E-state index in [4.69, 9.17) is 21.8 Å². The fourth-order valence-corrected chi connectivity index (χ4v) is 3.41. The summed E-state index contributed by atoms with van der Waals surface area (Å²) in [4.78, 5) is 24.4. The topological polar surface area (TPSA) is 97.4 Å². The second-order valence-corrected chi connectivity index (χ2v) is 6.56. The van der Waals surface area contributed by atoms with E-state index in [0.29, 0.717) is 22.9 Å². The molecule has 1 saturated carbocycles. The number of rotatable bonds is 5. The van der Waals surface area contributed by atoms with Crippen LogP contribution < -0.4 is 16.4 Å². The number of benzene rings is 1. The van der Waals surface area contributed by atoms with Gasteiger partial charge in [-0.1, -0.05) is 18.0 Å². The van der Waals surface area contributed by atoms with E-state index in [9.17, 15) is 9.59 Å². The summed E-state index contributed by atoms with van der Waals surface area (Å²) in [6.45, 7) is 0.524. The number of halogens is 1. The molecule has 0 spiro atoms. The summed E-state index contributed by atoms with van der Waals surface area (Å²) in [6.07, 6.45) is 4.30. The first-order valence-electron chi connectivity index (χ1n) is 8.24. The van der Waals surface area contributed by atoms with Gasteiger partial charge in [0.25, 0.3) is 5.91 Å². The molecule has 1 aromatic carbocycles. The van der Waals surface area contributed by atoms with E-state index < -0.39 is 0 Å². The highest BCUT2D eigenvalue weighted by molar-refractivity contribution is 6.34. The lowest BCUT2D eigenvalue weighted by atomic mass is 9.95. The van der Waals surface area contributed by atoms with Gasteiger partial charge in [-0.25, -0.2) is 0 Å². The smallest absolute Gasteiger partial charge is 0.291 e. The van der Waals surface area contributed by atoms with Crippen molar-refractivity contribution in [2.75, 3.05) is 17.2 Å². The molecule has 6 nitrogen and oxygen atoms in total. The third kappa shape index (κ3) is 4.03. The first-order valence-corrected chi connectivity index (χ1v) is 8.61. The van der Waals surface area contributed by atoms with Crippen LogP contribution in [-0.2, 0) is 4.79 Å². The van der Waals surface area contributed by atoms with Crippen LogP contribution >= 0.6 is 11.6 Å². The maximum absolute atomic E-state index is 12.4. The van der Waals surface area contributed by atoms with Crippen LogP contribution in [0.5, 0.6) is 0 Å². The molecule has 0 bridgehead atoms. The summed E-state index contributed by atoms with van der Waals surface area (Å²) in [6, 6.07) is 8.16. The van der Waals surface area contributed by atoms with Gasteiger partial charge in [0.15, 0.2) is 5.76 Å². The van der Waals surface area contributed by atoms with Crippen molar-refractivity contribution in [3.63, 3.8) is 0 Å². The summed E-state index contributed by atoms with van der Waals surface area (Å²) in [5.74, 6) is -0.0382. The Morgan fingerprint density at radius 1 is 1.24 bits per heavy atom. The number of nitrogens with two attached hydrogens (primary N) is 1. The van der Waals surface area contributed by atoms with E-state index in [1.165, 1.54) is 6.26 Å². The standard InChI is InChI=1S/C18H20ClN3O3/c19-14-9-12(21-17(23)13-4-1-3-11(13)10-20)6-7-15(14)22-18(24)16-5-2-8-25-16/h2,5-9,11,13H,1,3-4,10,20H2,(H,21,23)(H,22,24)/t11-,13-/m1/s1. The summed E-state index contributed by atoms with van der Waals surface area (Å²) < 4.78 is 5.04. The van der Waals surface area contributed by atoms with Crippen molar-refractivity contribution in [3.05, 3.63) is 47.4 Å². The van der Waals surface area contributed by atoms with Crippen LogP contribution in [0.1, 0.15) is 29.8 Å². The Balaban J connectivity index is 1.65. The molecule has 3 rings (SSSR count). The molecule has 7 heteroatoms. The monoisotopic (exact) mass is 361 g/mol. The first-order chi connectivity index (χ1) is 12.1. The normalized spacial score (nSPS) is 19.6. The number of furan rings is 1. The molecule has 1 aliphatic rings. The van der Waals surface area contributed by atoms with Crippen molar-refractivity contribution in [1.29, 1.82) is 0 Å². The van der Waals surface area contributed by atoms with Gasteiger partial charge in [0, 0.05) is 11.6 Å². The fourth-order valence-electron chi connectivity index (χ4n) is 3.18. The van der Waals surface area contributed by atoms with Crippen LogP contribution in [0, 0.1) is 11.8 Å². The molecule has 132 valence electrons. The molecule has 1 fully saturated rings. The highest BCUT2D eigenvalue weighted by Crippen LogP contribution is 2.32. The number of hydrogen-bond acceptors (Lipinski definition) is 4. The van der Waals surface area contributed by atoms with Crippen molar-refractivity contribution >= 4 is 34.8 Å². The molecule has 25 heavy (non-hydrogen) atoms. The molecule has 0 radical (unpaired) electrons. The zero-order valence-electron chi connectivity index (χ0n) is 13.6. The minimum absolute atomic E-state index is 0.0311. The molecule has 2 amide bonds. The van der Waals surface area contributed by atoms with Crippen LogP contribution in [0.2, 0.25) is 5.02 Å². The fraction of sp³-hybridized carbons (Fsp3) is 0.333. The number of carbonyl (C=O) groups is 2. The van der Waals surface area contributed by atoms with E-state index in [1.807, 2.05) is 0 Å². The minimum atomic E-state index is -0.388. The molecule has 4 N–H and O–H groups in total. The Hall–Kier alpha value is -2.31. The highest BCUT2D eigenvalue weighted by Gasteiger charge is 2.31. The number of anilines is 2. The average Bonchev–Trinajstić information content (AvgIpc) is 3.28. The molecular formula is C18H20ClN3O3. The maximum atomic E-state index is 12.4. The number of nitrogens with one attached hydrogen (secondary N) is 2. The largest absolute Gasteiger partial charge is 0.459 e. The molecule has 2 aromatic rings. The highest BCUT2D eigenvalue weighted by atomic mass is 35.5. The Morgan fingerprint density at radius 2 is 2.08 bits per heavy atom. The van der Waals surface area contributed by atoms with Gasteiger partial charge in [0.05, 0.1) is 17.0 Å². The van der Waals surface area contributed by atoms with E-state index in [0.717, 1.165) is 19.3 Å². The molecule has 0 saturated heterocycles. The van der Waals surface area contributed by atoms with Crippen LogP contribution in [-0.4, -0.2) is 18.4 Å². The van der Waals surface area contributed by atoms with Crippen LogP contribution in [0.3, 0.4) is 0 Å². The van der Waals surface area contributed by atoms with Gasteiger partial charge in [-0.2, -0.15) is 0 Å². The lowest BCUT2D eigenvalue weighted by molar-refractivity contribution is -0.120. The van der Waals surface area contributed by atoms with E-state index >= 15 is 0 Å². The Morgan fingerprint density at radius 3 is 2.76 bits per heavy atom. The second kappa shape index (κ2) is 7.72. The lowest BCUT2D eigenvalue weighted by Crippen LogP contribution is -2.29. The molecular weight excluding hydrogens is 342 g/mol. The van der Waals surface area contributed by atoms with Gasteiger partial charge in [-0.3, -0.25) is 9.59 Å². The molecule has 0 unspecified atom stereocenters. The van der Waals surface area contributed by atoms with Gasteiger partial charge < -0.3 is 20.8 Å². The Labute approximate surface area is 150 Å². The summed E-state index contributed by atoms with van der Waals surface area (Å²) in [7, 11) is 0. The lowest BCUT2D eigenvalue weighted by Gasteiger charge is -2.17. The summed E-state index contributed by atoms with van der Waals surface area (Å²) in [5, 5.41) is 5.89. The molecule has 2 atom stereocenters. The van der Waals surface area contributed by atoms with E-state index in [1.54, 1.807) is 30.3 Å². The van der Waals surface area contributed by atoms with Gasteiger partial charge in [-0.05, 0) is 55.6 Å². The molecule has 1 aliphatic carbocycles. The van der Waals surface area contributed by atoms with Crippen LogP contribution in [0.4, 0.5) is 11.4 Å². The number of carbonyl (C=O) groups excluding carboxylic acids is 2. The predicted octanol–water partition coefficient (Wildman–Crippen LogP) is 3.50. The van der Waals surface area contributed by atoms with E-state index in [-0.39, 0.29) is 29.4 Å². The molecule has 0 aliphatic heterocycles. The van der Waals surface area contributed by atoms with Crippen molar-refractivity contribution in [2.45, 2.75) is 19.3 Å². The Kier molecular flexibility index (Phi) is 5.40.